The lowest BCUT2D eigenvalue weighted by Crippen LogP contribution is -2.42. The Kier molecular flexibility index (Phi) is 4.42. The van der Waals surface area contributed by atoms with Crippen molar-refractivity contribution < 1.29 is 14.3 Å². The zero-order chi connectivity index (χ0) is 17.3. The molecule has 2 aromatic carbocycles. The van der Waals surface area contributed by atoms with Crippen LogP contribution in [0.2, 0.25) is 5.02 Å². The van der Waals surface area contributed by atoms with Crippen molar-refractivity contribution in [2.24, 2.45) is 5.73 Å². The van der Waals surface area contributed by atoms with E-state index >= 15 is 0 Å². The van der Waals surface area contributed by atoms with Gasteiger partial charge in [0.05, 0.1) is 6.04 Å². The van der Waals surface area contributed by atoms with Crippen molar-refractivity contribution >= 4 is 34.8 Å². The van der Waals surface area contributed by atoms with Crippen LogP contribution < -0.4 is 16.4 Å². The van der Waals surface area contributed by atoms with Crippen molar-refractivity contribution in [2.45, 2.75) is 12.1 Å². The molecule has 0 spiro atoms. The molecule has 2 amide bonds. The molecule has 24 heavy (non-hydrogen) atoms. The summed E-state index contributed by atoms with van der Waals surface area (Å²) in [6.45, 7) is 0. The van der Waals surface area contributed by atoms with E-state index in [1.165, 1.54) is 7.11 Å². The Hall–Kier alpha value is -2.57. The first-order chi connectivity index (χ1) is 11.5. The first kappa shape index (κ1) is 16.3. The molecule has 0 saturated carbocycles. The predicted molar refractivity (Wildman–Crippen MR) is 92.2 cm³/mol. The number of methoxy groups -OCH3 is 1. The van der Waals surface area contributed by atoms with Gasteiger partial charge in [-0.1, -0.05) is 11.6 Å². The summed E-state index contributed by atoms with van der Waals surface area (Å²) in [4.78, 5) is 23.4. The van der Waals surface area contributed by atoms with Gasteiger partial charge in [-0.15, -0.1) is 0 Å². The zero-order valence-electron chi connectivity index (χ0n) is 12.9. The molecule has 0 radical (unpaired) electrons. The zero-order valence-corrected chi connectivity index (χ0v) is 13.6. The fourth-order valence-corrected chi connectivity index (χ4v) is 2.91. The molecule has 124 valence electrons. The van der Waals surface area contributed by atoms with Gasteiger partial charge in [0.1, 0.15) is 0 Å². The summed E-state index contributed by atoms with van der Waals surface area (Å²) in [5.41, 5.74) is 7.89. The van der Waals surface area contributed by atoms with Gasteiger partial charge in [-0.3, -0.25) is 9.59 Å². The minimum Gasteiger partial charge on any atom is -0.375 e. The summed E-state index contributed by atoms with van der Waals surface area (Å²) in [6.07, 6.45) is -0.716. The third-order valence-corrected chi connectivity index (χ3v) is 4.15. The van der Waals surface area contributed by atoms with Gasteiger partial charge < -0.3 is 21.1 Å². The van der Waals surface area contributed by atoms with Crippen molar-refractivity contribution in [1.29, 1.82) is 0 Å². The minimum absolute atomic E-state index is 0.237. The van der Waals surface area contributed by atoms with E-state index in [-0.39, 0.29) is 5.91 Å². The highest BCUT2D eigenvalue weighted by atomic mass is 35.5. The lowest BCUT2D eigenvalue weighted by Gasteiger charge is -2.33. The number of carbonyl (C=O) groups excluding carboxylic acids is 2. The van der Waals surface area contributed by atoms with Crippen LogP contribution in [0.5, 0.6) is 0 Å². The molecule has 0 aliphatic carbocycles. The number of primary amides is 1. The van der Waals surface area contributed by atoms with Crippen molar-refractivity contribution in [3.05, 3.63) is 58.6 Å². The molecule has 4 N–H and O–H groups in total. The summed E-state index contributed by atoms with van der Waals surface area (Å²) in [5.74, 6) is -0.732. The number of hydrogen-bond acceptors (Lipinski definition) is 4. The monoisotopic (exact) mass is 345 g/mol. The molecule has 1 aliphatic rings. The maximum absolute atomic E-state index is 12.2. The number of amides is 2. The molecule has 0 bridgehead atoms. The Morgan fingerprint density at radius 1 is 1.25 bits per heavy atom. The molecule has 0 unspecified atom stereocenters. The molecule has 2 atom stereocenters. The molecule has 1 aliphatic heterocycles. The average Bonchev–Trinajstić information content (AvgIpc) is 2.56. The molecule has 2 aromatic rings. The third-order valence-electron chi connectivity index (χ3n) is 3.91. The van der Waals surface area contributed by atoms with Gasteiger partial charge in [0, 0.05) is 34.6 Å². The van der Waals surface area contributed by atoms with Crippen molar-refractivity contribution in [1.82, 2.24) is 0 Å². The van der Waals surface area contributed by atoms with Gasteiger partial charge in [0.15, 0.2) is 6.10 Å². The van der Waals surface area contributed by atoms with Crippen LogP contribution in [0, 0.1) is 0 Å². The van der Waals surface area contributed by atoms with Gasteiger partial charge in [0.25, 0.3) is 5.91 Å². The van der Waals surface area contributed by atoms with Crippen LogP contribution in [-0.4, -0.2) is 25.0 Å². The predicted octanol–water partition coefficient (Wildman–Crippen LogP) is 2.56. The van der Waals surface area contributed by atoms with E-state index in [1.54, 1.807) is 42.5 Å². The number of fused-ring (bicyclic) bond motifs is 1. The normalized spacial score (nSPS) is 19.3. The number of nitrogens with two attached hydrogens (primary N) is 1. The number of anilines is 2. The van der Waals surface area contributed by atoms with Gasteiger partial charge >= 0.3 is 0 Å². The third kappa shape index (κ3) is 3.06. The maximum Gasteiger partial charge on any atom is 0.256 e. The Labute approximate surface area is 143 Å². The summed E-state index contributed by atoms with van der Waals surface area (Å²) in [5, 5.41) is 6.63. The van der Waals surface area contributed by atoms with E-state index in [4.69, 9.17) is 22.1 Å². The lowest BCUT2D eigenvalue weighted by molar-refractivity contribution is -0.127. The number of benzene rings is 2. The highest BCUT2D eigenvalue weighted by molar-refractivity contribution is 6.30. The average molecular weight is 346 g/mol. The van der Waals surface area contributed by atoms with Crippen LogP contribution in [0.1, 0.15) is 22.0 Å². The van der Waals surface area contributed by atoms with Crippen LogP contribution in [0.4, 0.5) is 11.4 Å². The van der Waals surface area contributed by atoms with Crippen LogP contribution in [0.3, 0.4) is 0 Å². The molecule has 7 heteroatoms. The van der Waals surface area contributed by atoms with Crippen molar-refractivity contribution in [2.75, 3.05) is 17.7 Å². The molecule has 3 rings (SSSR count). The first-order valence-corrected chi connectivity index (χ1v) is 7.67. The molecular weight excluding hydrogens is 330 g/mol. The fraction of sp³-hybridized carbons (Fsp3) is 0.176. The maximum atomic E-state index is 12.2. The van der Waals surface area contributed by atoms with E-state index in [9.17, 15) is 9.59 Å². The number of ether oxygens (including phenoxy) is 1. The van der Waals surface area contributed by atoms with Crippen molar-refractivity contribution in [3.63, 3.8) is 0 Å². The lowest BCUT2D eigenvalue weighted by atomic mass is 9.94. The van der Waals surface area contributed by atoms with Gasteiger partial charge in [-0.25, -0.2) is 0 Å². The number of halogens is 1. The van der Waals surface area contributed by atoms with E-state index in [1.807, 2.05) is 0 Å². The SMILES string of the molecule is CO[C@H]1C(=O)Nc2ccc(Cl)cc2[C@@H]1Nc1ccc(C(N)=O)cc1. The topological polar surface area (TPSA) is 93.4 Å². The Morgan fingerprint density at radius 2 is 1.96 bits per heavy atom. The number of carbonyl (C=O) groups is 2. The summed E-state index contributed by atoms with van der Waals surface area (Å²) in [6, 6.07) is 11.5. The van der Waals surface area contributed by atoms with Crippen LogP contribution in [0.15, 0.2) is 42.5 Å². The number of rotatable bonds is 4. The highest BCUT2D eigenvalue weighted by Crippen LogP contribution is 2.36. The Morgan fingerprint density at radius 3 is 2.58 bits per heavy atom. The smallest absolute Gasteiger partial charge is 0.256 e. The summed E-state index contributed by atoms with van der Waals surface area (Å²) in [7, 11) is 1.48. The van der Waals surface area contributed by atoms with E-state index in [0.717, 1.165) is 11.3 Å². The second kappa shape index (κ2) is 6.51. The van der Waals surface area contributed by atoms with Gasteiger partial charge in [0.2, 0.25) is 5.91 Å². The Bertz CT molecular complexity index is 792. The van der Waals surface area contributed by atoms with Crippen LogP contribution >= 0.6 is 11.6 Å². The quantitative estimate of drug-likeness (QED) is 0.793. The second-order valence-electron chi connectivity index (χ2n) is 5.44. The minimum atomic E-state index is -0.716. The van der Waals surface area contributed by atoms with E-state index in [2.05, 4.69) is 10.6 Å². The molecule has 6 nitrogen and oxygen atoms in total. The highest BCUT2D eigenvalue weighted by Gasteiger charge is 2.36. The summed E-state index contributed by atoms with van der Waals surface area (Å²) < 4.78 is 5.36. The summed E-state index contributed by atoms with van der Waals surface area (Å²) >= 11 is 6.10. The van der Waals surface area contributed by atoms with Gasteiger partial charge in [-0.2, -0.15) is 0 Å². The standard InChI is InChI=1S/C17H16ClN3O3/c1-24-15-14(20-11-5-2-9(3-6-11)16(19)22)12-8-10(18)4-7-13(12)21-17(15)23/h2-8,14-15,20H,1H3,(H2,19,22)(H,21,23)/t14-,15+/m0/s1. The largest absolute Gasteiger partial charge is 0.375 e. The molecule has 0 saturated heterocycles. The second-order valence-corrected chi connectivity index (χ2v) is 5.88. The molecule has 0 fully saturated rings. The van der Waals surface area contributed by atoms with Crippen molar-refractivity contribution in [3.8, 4) is 0 Å². The van der Waals surface area contributed by atoms with Crippen LogP contribution in [0.25, 0.3) is 0 Å². The fourth-order valence-electron chi connectivity index (χ4n) is 2.73. The van der Waals surface area contributed by atoms with E-state index in [0.29, 0.717) is 16.3 Å². The Balaban J connectivity index is 1.96. The molecule has 0 aromatic heterocycles. The molecule has 1 heterocycles. The first-order valence-electron chi connectivity index (χ1n) is 7.29. The van der Waals surface area contributed by atoms with Gasteiger partial charge in [-0.05, 0) is 42.5 Å². The van der Waals surface area contributed by atoms with Crippen LogP contribution in [-0.2, 0) is 9.53 Å². The molecular formula is C17H16ClN3O3. The number of hydrogen-bond donors (Lipinski definition) is 3. The van der Waals surface area contributed by atoms with E-state index < -0.39 is 18.1 Å². The number of nitrogens with one attached hydrogen (secondary N) is 2.